The van der Waals surface area contributed by atoms with Gasteiger partial charge in [0, 0.05) is 6.54 Å². The first-order valence-corrected chi connectivity index (χ1v) is 10.4. The molecule has 0 saturated heterocycles. The highest BCUT2D eigenvalue weighted by atomic mass is 32.2. The number of ether oxygens (including phenoxy) is 1. The van der Waals surface area contributed by atoms with Crippen molar-refractivity contribution in [2.75, 3.05) is 11.1 Å². The molecule has 0 atom stereocenters. The Morgan fingerprint density at radius 1 is 1.23 bits per heavy atom. The number of para-hydroxylation sites is 1. The number of carbonyl (C=O) groups is 1. The van der Waals surface area contributed by atoms with E-state index in [1.807, 2.05) is 36.6 Å². The lowest BCUT2D eigenvalue weighted by Gasteiger charge is -2.10. The van der Waals surface area contributed by atoms with E-state index in [4.69, 9.17) is 4.74 Å². The van der Waals surface area contributed by atoms with Gasteiger partial charge in [0.25, 0.3) is 0 Å². The first kappa shape index (κ1) is 21.6. The Balaban J connectivity index is 1.63. The molecule has 0 radical (unpaired) electrons. The Bertz CT molecular complexity index is 1050. The summed E-state index contributed by atoms with van der Waals surface area (Å²) in [6.45, 7) is 8.57. The van der Waals surface area contributed by atoms with Crippen molar-refractivity contribution in [2.24, 2.45) is 0 Å². The normalized spacial score (nSPS) is 10.6. The van der Waals surface area contributed by atoms with Crippen molar-refractivity contribution in [1.29, 1.82) is 0 Å². The van der Waals surface area contributed by atoms with Gasteiger partial charge in [0.15, 0.2) is 11.0 Å². The number of anilines is 1. The second kappa shape index (κ2) is 10.1. The molecule has 0 spiro atoms. The van der Waals surface area contributed by atoms with Gasteiger partial charge < -0.3 is 10.1 Å². The fourth-order valence-electron chi connectivity index (χ4n) is 2.68. The van der Waals surface area contributed by atoms with Crippen molar-refractivity contribution >= 4 is 23.4 Å². The molecule has 1 amide bonds. The summed E-state index contributed by atoms with van der Waals surface area (Å²) < 4.78 is 21.4. The summed E-state index contributed by atoms with van der Waals surface area (Å²) in [6.07, 6.45) is 1.73. The third kappa shape index (κ3) is 5.48. The van der Waals surface area contributed by atoms with Crippen molar-refractivity contribution in [3.05, 3.63) is 77.9 Å². The summed E-state index contributed by atoms with van der Waals surface area (Å²) >= 11 is 1.22. The third-order valence-electron chi connectivity index (χ3n) is 4.43. The lowest BCUT2D eigenvalue weighted by molar-refractivity contribution is -0.113. The second-order valence-electron chi connectivity index (χ2n) is 6.65. The van der Waals surface area contributed by atoms with Crippen molar-refractivity contribution < 1.29 is 13.9 Å². The molecule has 0 unspecified atom stereocenters. The van der Waals surface area contributed by atoms with Crippen molar-refractivity contribution in [3.8, 4) is 5.75 Å². The summed E-state index contributed by atoms with van der Waals surface area (Å²) in [4.78, 5) is 12.2. The number of aryl methyl sites for hydroxylation is 2. The van der Waals surface area contributed by atoms with Gasteiger partial charge in [0.05, 0.1) is 11.4 Å². The molecule has 2 aromatic carbocycles. The first-order chi connectivity index (χ1) is 14.5. The number of nitrogens with one attached hydrogen (secondary N) is 1. The molecule has 6 nitrogen and oxygen atoms in total. The van der Waals surface area contributed by atoms with Crippen LogP contribution >= 0.6 is 11.8 Å². The fraction of sp³-hybridized carbons (Fsp3) is 0.227. The third-order valence-corrected chi connectivity index (χ3v) is 5.40. The number of carbonyl (C=O) groups excluding carboxylic acids is 1. The Morgan fingerprint density at radius 3 is 2.77 bits per heavy atom. The molecular weight excluding hydrogens is 403 g/mol. The van der Waals surface area contributed by atoms with E-state index in [1.165, 1.54) is 29.5 Å². The molecule has 3 aromatic rings. The molecule has 156 valence electrons. The van der Waals surface area contributed by atoms with Gasteiger partial charge in [-0.2, -0.15) is 0 Å². The van der Waals surface area contributed by atoms with Crippen molar-refractivity contribution in [2.45, 2.75) is 32.2 Å². The number of nitrogens with zero attached hydrogens (tertiary/aromatic N) is 3. The molecule has 3 rings (SSSR count). The van der Waals surface area contributed by atoms with Crippen LogP contribution in [0.1, 0.15) is 17.0 Å². The quantitative estimate of drug-likeness (QED) is 0.402. The zero-order chi connectivity index (χ0) is 21.5. The molecular formula is C22H23FN4O2S. The number of hydrogen-bond acceptors (Lipinski definition) is 5. The summed E-state index contributed by atoms with van der Waals surface area (Å²) in [5.74, 6) is 0.652. The highest BCUT2D eigenvalue weighted by Gasteiger charge is 2.15. The predicted octanol–water partition coefficient (Wildman–Crippen LogP) is 4.53. The van der Waals surface area contributed by atoms with Crippen molar-refractivity contribution in [1.82, 2.24) is 14.8 Å². The average Bonchev–Trinajstić information content (AvgIpc) is 3.11. The van der Waals surface area contributed by atoms with Crippen LogP contribution in [0.4, 0.5) is 10.1 Å². The van der Waals surface area contributed by atoms with Crippen LogP contribution in [0.5, 0.6) is 5.75 Å². The molecule has 0 bridgehead atoms. The van der Waals surface area contributed by atoms with E-state index in [0.29, 0.717) is 17.5 Å². The van der Waals surface area contributed by atoms with Crippen LogP contribution in [0.3, 0.4) is 0 Å². The largest absolute Gasteiger partial charge is 0.486 e. The molecule has 8 heteroatoms. The zero-order valence-electron chi connectivity index (χ0n) is 16.9. The van der Waals surface area contributed by atoms with Crippen LogP contribution in [0, 0.1) is 19.7 Å². The van der Waals surface area contributed by atoms with Gasteiger partial charge in [-0.3, -0.25) is 9.36 Å². The van der Waals surface area contributed by atoms with Gasteiger partial charge in [0.1, 0.15) is 18.2 Å². The van der Waals surface area contributed by atoms with E-state index in [9.17, 15) is 9.18 Å². The molecule has 30 heavy (non-hydrogen) atoms. The molecule has 0 aliphatic carbocycles. The maximum Gasteiger partial charge on any atom is 0.234 e. The molecule has 0 aliphatic heterocycles. The van der Waals surface area contributed by atoms with E-state index in [0.717, 1.165) is 11.3 Å². The highest BCUT2D eigenvalue weighted by Crippen LogP contribution is 2.21. The monoisotopic (exact) mass is 426 g/mol. The number of hydrogen-bond donors (Lipinski definition) is 1. The van der Waals surface area contributed by atoms with E-state index in [2.05, 4.69) is 22.1 Å². The van der Waals surface area contributed by atoms with Crippen LogP contribution < -0.4 is 10.1 Å². The van der Waals surface area contributed by atoms with Gasteiger partial charge in [-0.15, -0.1) is 16.8 Å². The van der Waals surface area contributed by atoms with Gasteiger partial charge >= 0.3 is 0 Å². The number of amides is 1. The summed E-state index contributed by atoms with van der Waals surface area (Å²) in [7, 11) is 0. The lowest BCUT2D eigenvalue weighted by Crippen LogP contribution is -2.15. The molecule has 1 heterocycles. The number of aromatic nitrogens is 3. The van der Waals surface area contributed by atoms with Crippen molar-refractivity contribution in [3.63, 3.8) is 0 Å². The number of allylic oxidation sites excluding steroid dienone is 1. The zero-order valence-corrected chi connectivity index (χ0v) is 17.7. The van der Waals surface area contributed by atoms with Crippen LogP contribution in [-0.4, -0.2) is 26.4 Å². The standard InChI is InChI=1S/C22H23FN4O2S/c1-4-11-27-20(13-29-17-10-9-15(2)16(3)12-17)25-26-22(27)30-14-21(28)24-19-8-6-5-7-18(19)23/h4-10,12H,1,11,13-14H2,2-3H3,(H,24,28). The molecule has 0 aliphatic rings. The van der Waals surface area contributed by atoms with Gasteiger partial charge in [-0.05, 0) is 49.2 Å². The summed E-state index contributed by atoms with van der Waals surface area (Å²) in [6, 6.07) is 11.9. The number of halogens is 1. The second-order valence-corrected chi connectivity index (χ2v) is 7.59. The van der Waals surface area contributed by atoms with Crippen LogP contribution in [-0.2, 0) is 17.9 Å². The highest BCUT2D eigenvalue weighted by molar-refractivity contribution is 7.99. The number of thioether (sulfide) groups is 1. The summed E-state index contributed by atoms with van der Waals surface area (Å²) in [5.41, 5.74) is 2.50. The van der Waals surface area contributed by atoms with Crippen LogP contribution in [0.25, 0.3) is 0 Å². The lowest BCUT2D eigenvalue weighted by atomic mass is 10.1. The van der Waals surface area contributed by atoms with Crippen LogP contribution in [0.15, 0.2) is 60.3 Å². The van der Waals surface area contributed by atoms with Crippen LogP contribution in [0.2, 0.25) is 0 Å². The average molecular weight is 427 g/mol. The smallest absolute Gasteiger partial charge is 0.234 e. The Labute approximate surface area is 179 Å². The van der Waals surface area contributed by atoms with E-state index in [-0.39, 0.29) is 24.0 Å². The minimum Gasteiger partial charge on any atom is -0.486 e. The summed E-state index contributed by atoms with van der Waals surface area (Å²) in [5, 5.41) is 11.5. The Hall–Kier alpha value is -3.13. The van der Waals surface area contributed by atoms with E-state index < -0.39 is 5.82 Å². The minimum atomic E-state index is -0.476. The minimum absolute atomic E-state index is 0.0711. The SMILES string of the molecule is C=CCn1c(COc2ccc(C)c(C)c2)nnc1SCC(=O)Nc1ccccc1F. The molecule has 0 saturated carbocycles. The number of benzene rings is 2. The maximum atomic E-state index is 13.7. The Kier molecular flexibility index (Phi) is 7.24. The topological polar surface area (TPSA) is 69.0 Å². The van der Waals surface area contributed by atoms with Gasteiger partial charge in [-0.25, -0.2) is 4.39 Å². The molecule has 0 fully saturated rings. The number of rotatable bonds is 9. The first-order valence-electron chi connectivity index (χ1n) is 9.38. The maximum absolute atomic E-state index is 13.7. The van der Waals surface area contributed by atoms with Gasteiger partial charge in [0.2, 0.25) is 5.91 Å². The Morgan fingerprint density at radius 2 is 2.03 bits per heavy atom. The van der Waals surface area contributed by atoms with E-state index in [1.54, 1.807) is 18.2 Å². The molecule has 1 N–H and O–H groups in total. The van der Waals surface area contributed by atoms with Gasteiger partial charge in [-0.1, -0.05) is 36.0 Å². The predicted molar refractivity (Wildman–Crippen MR) is 116 cm³/mol. The fourth-order valence-corrected chi connectivity index (χ4v) is 3.44. The van der Waals surface area contributed by atoms with E-state index >= 15 is 0 Å². The molecule has 1 aromatic heterocycles.